The lowest BCUT2D eigenvalue weighted by molar-refractivity contribution is 0.451. The van der Waals surface area contributed by atoms with Gasteiger partial charge in [-0.3, -0.25) is 0 Å². The molecule has 2 rings (SSSR count). The van der Waals surface area contributed by atoms with Gasteiger partial charge in [-0.25, -0.2) is 17.8 Å². The van der Waals surface area contributed by atoms with Gasteiger partial charge < -0.3 is 10.7 Å². The van der Waals surface area contributed by atoms with Crippen LogP contribution in [0.25, 0.3) is 0 Å². The van der Waals surface area contributed by atoms with Gasteiger partial charge in [0.15, 0.2) is 5.82 Å². The molecule has 0 saturated heterocycles. The topological polar surface area (TPSA) is 92.1 Å². The average Bonchev–Trinajstić information content (AvgIpc) is 2.86. The molecule has 0 atom stereocenters. The second-order valence-corrected chi connectivity index (χ2v) is 6.98. The first kappa shape index (κ1) is 14.9. The number of sulfonamides is 1. The number of hydrogen-bond acceptors (Lipinski definition) is 4. The predicted molar refractivity (Wildman–Crippen MR) is 75.8 cm³/mol. The molecule has 0 saturated carbocycles. The van der Waals surface area contributed by atoms with E-state index in [1.54, 1.807) is 6.20 Å². The van der Waals surface area contributed by atoms with Crippen LogP contribution in [-0.4, -0.2) is 29.7 Å². The van der Waals surface area contributed by atoms with Gasteiger partial charge in [-0.15, -0.1) is 0 Å². The number of nitrogen functional groups attached to an aromatic ring is 1. The number of nitrogens with zero attached hydrogens (tertiary/aromatic N) is 2. The summed E-state index contributed by atoms with van der Waals surface area (Å²) in [5.41, 5.74) is 5.72. The van der Waals surface area contributed by atoms with Crippen molar-refractivity contribution >= 4 is 31.6 Å². The van der Waals surface area contributed by atoms with Crippen LogP contribution < -0.4 is 5.73 Å². The highest BCUT2D eigenvalue weighted by molar-refractivity contribution is 9.10. The van der Waals surface area contributed by atoms with Crippen LogP contribution in [0.5, 0.6) is 0 Å². The molecule has 0 bridgehead atoms. The molecule has 0 spiro atoms. The van der Waals surface area contributed by atoms with Gasteiger partial charge >= 0.3 is 0 Å². The molecule has 20 heavy (non-hydrogen) atoms. The maximum absolute atomic E-state index is 14.0. The summed E-state index contributed by atoms with van der Waals surface area (Å²) in [6.07, 6.45) is 3.08. The van der Waals surface area contributed by atoms with Crippen molar-refractivity contribution in [3.8, 4) is 0 Å². The van der Waals surface area contributed by atoms with Crippen LogP contribution in [0.1, 0.15) is 5.82 Å². The molecule has 3 N–H and O–H groups in total. The molecule has 0 amide bonds. The zero-order valence-electron chi connectivity index (χ0n) is 10.5. The number of nitrogens with two attached hydrogens (primary N) is 1. The number of H-pyrrole nitrogens is 1. The molecule has 2 aromatic rings. The van der Waals surface area contributed by atoms with Gasteiger partial charge in [0.2, 0.25) is 10.0 Å². The van der Waals surface area contributed by atoms with E-state index in [4.69, 9.17) is 5.73 Å². The zero-order valence-corrected chi connectivity index (χ0v) is 12.9. The fourth-order valence-electron chi connectivity index (χ4n) is 1.62. The second-order valence-electron chi connectivity index (χ2n) is 4.11. The molecule has 108 valence electrons. The van der Waals surface area contributed by atoms with Crippen molar-refractivity contribution in [2.75, 3.05) is 12.8 Å². The molecule has 0 aliphatic carbocycles. The molecular weight excluding hydrogens is 351 g/mol. The van der Waals surface area contributed by atoms with Gasteiger partial charge in [-0.05, 0) is 28.1 Å². The standard InChI is InChI=1S/C11H12BrFN4O2S/c1-17(6-10-15-2-3-16-10)20(18,19)9-5-7(14)4-8(12)11(9)13/h2-5H,6,14H2,1H3,(H,15,16). The minimum atomic E-state index is -4.00. The Balaban J connectivity index is 2.40. The number of halogens is 2. The lowest BCUT2D eigenvalue weighted by Gasteiger charge is -2.17. The van der Waals surface area contributed by atoms with Crippen molar-refractivity contribution in [2.45, 2.75) is 11.4 Å². The molecular formula is C11H12BrFN4O2S. The summed E-state index contributed by atoms with van der Waals surface area (Å²) in [7, 11) is -2.66. The summed E-state index contributed by atoms with van der Waals surface area (Å²) in [5, 5.41) is 0. The van der Waals surface area contributed by atoms with Gasteiger partial charge in [0, 0.05) is 25.1 Å². The summed E-state index contributed by atoms with van der Waals surface area (Å²) in [6, 6.07) is 2.40. The van der Waals surface area contributed by atoms with Crippen LogP contribution in [-0.2, 0) is 16.6 Å². The maximum atomic E-state index is 14.0. The summed E-state index contributed by atoms with van der Waals surface area (Å²) < 4.78 is 39.7. The lowest BCUT2D eigenvalue weighted by atomic mass is 10.3. The summed E-state index contributed by atoms with van der Waals surface area (Å²) >= 11 is 2.94. The fraction of sp³-hybridized carbons (Fsp3) is 0.182. The van der Waals surface area contributed by atoms with E-state index in [1.807, 2.05) is 0 Å². The SMILES string of the molecule is CN(Cc1ncc[nH]1)S(=O)(=O)c1cc(N)cc(Br)c1F. The van der Waals surface area contributed by atoms with E-state index in [0.29, 0.717) is 5.82 Å². The van der Waals surface area contributed by atoms with E-state index in [9.17, 15) is 12.8 Å². The average molecular weight is 363 g/mol. The number of benzene rings is 1. The van der Waals surface area contributed by atoms with Crippen LogP contribution in [0.15, 0.2) is 33.9 Å². The predicted octanol–water partition coefficient (Wildman–Crippen LogP) is 1.71. The molecule has 0 aliphatic heterocycles. The van der Waals surface area contributed by atoms with Gasteiger partial charge in [0.1, 0.15) is 10.7 Å². The Morgan fingerprint density at radius 2 is 2.20 bits per heavy atom. The van der Waals surface area contributed by atoms with Crippen molar-refractivity contribution in [1.82, 2.24) is 14.3 Å². The van der Waals surface area contributed by atoms with Crippen LogP contribution in [0.4, 0.5) is 10.1 Å². The smallest absolute Gasteiger partial charge is 0.246 e. The number of rotatable bonds is 4. The molecule has 0 unspecified atom stereocenters. The summed E-state index contributed by atoms with van der Waals surface area (Å²) in [4.78, 5) is 6.24. The van der Waals surface area contributed by atoms with E-state index in [0.717, 1.165) is 10.4 Å². The Hall–Kier alpha value is -1.45. The van der Waals surface area contributed by atoms with E-state index >= 15 is 0 Å². The Bertz CT molecular complexity index is 718. The normalized spacial score (nSPS) is 12.0. The van der Waals surface area contributed by atoms with Crippen molar-refractivity contribution < 1.29 is 12.8 Å². The number of hydrogen-bond donors (Lipinski definition) is 2. The highest BCUT2D eigenvalue weighted by Crippen LogP contribution is 2.28. The van der Waals surface area contributed by atoms with Crippen LogP contribution in [0.3, 0.4) is 0 Å². The van der Waals surface area contributed by atoms with E-state index < -0.39 is 20.7 Å². The van der Waals surface area contributed by atoms with Crippen LogP contribution in [0.2, 0.25) is 0 Å². The largest absolute Gasteiger partial charge is 0.399 e. The Labute approximate surface area is 124 Å². The maximum Gasteiger partial charge on any atom is 0.246 e. The molecule has 9 heteroatoms. The van der Waals surface area contributed by atoms with Gasteiger partial charge in [0.25, 0.3) is 0 Å². The van der Waals surface area contributed by atoms with E-state index in [-0.39, 0.29) is 16.7 Å². The molecule has 0 aliphatic rings. The molecule has 0 radical (unpaired) electrons. The highest BCUT2D eigenvalue weighted by atomic mass is 79.9. The summed E-state index contributed by atoms with van der Waals surface area (Å²) in [6.45, 7) is 0.00118. The number of aromatic nitrogens is 2. The third-order valence-corrected chi connectivity index (χ3v) is 5.01. The van der Waals surface area contributed by atoms with Gasteiger partial charge in [-0.1, -0.05) is 0 Å². The number of imidazole rings is 1. The van der Waals surface area contributed by atoms with Crippen LogP contribution in [0, 0.1) is 5.82 Å². The molecule has 6 nitrogen and oxygen atoms in total. The second kappa shape index (κ2) is 5.51. The minimum Gasteiger partial charge on any atom is -0.399 e. The molecule has 0 fully saturated rings. The first-order valence-electron chi connectivity index (χ1n) is 5.51. The first-order valence-corrected chi connectivity index (χ1v) is 7.75. The number of aromatic amines is 1. The molecule has 1 heterocycles. The first-order chi connectivity index (χ1) is 9.32. The van der Waals surface area contributed by atoms with Crippen molar-refractivity contribution in [3.05, 3.63) is 40.6 Å². The van der Waals surface area contributed by atoms with Gasteiger partial charge in [-0.2, -0.15) is 4.31 Å². The minimum absolute atomic E-state index is 0.00118. The van der Waals surface area contributed by atoms with Gasteiger partial charge in [0.05, 0.1) is 11.0 Å². The molecule has 1 aromatic carbocycles. The van der Waals surface area contributed by atoms with Crippen molar-refractivity contribution in [2.24, 2.45) is 0 Å². The summed E-state index contributed by atoms with van der Waals surface area (Å²) in [5.74, 6) is -0.412. The van der Waals surface area contributed by atoms with Crippen molar-refractivity contribution in [3.63, 3.8) is 0 Å². The number of anilines is 1. The van der Waals surface area contributed by atoms with Crippen molar-refractivity contribution in [1.29, 1.82) is 0 Å². The van der Waals surface area contributed by atoms with Crippen LogP contribution >= 0.6 is 15.9 Å². The Kier molecular flexibility index (Phi) is 4.11. The monoisotopic (exact) mass is 362 g/mol. The quantitative estimate of drug-likeness (QED) is 0.809. The molecule has 1 aromatic heterocycles. The lowest BCUT2D eigenvalue weighted by Crippen LogP contribution is -2.28. The zero-order chi connectivity index (χ0) is 14.9. The van der Waals surface area contributed by atoms with E-state index in [2.05, 4.69) is 25.9 Å². The third-order valence-electron chi connectivity index (χ3n) is 2.63. The Morgan fingerprint density at radius 1 is 1.50 bits per heavy atom. The highest BCUT2D eigenvalue weighted by Gasteiger charge is 2.26. The number of nitrogens with one attached hydrogen (secondary N) is 1. The van der Waals surface area contributed by atoms with E-state index in [1.165, 1.54) is 19.3 Å². The Morgan fingerprint density at radius 3 is 2.80 bits per heavy atom. The fourth-order valence-corrected chi connectivity index (χ4v) is 3.48. The third kappa shape index (κ3) is 2.84.